The summed E-state index contributed by atoms with van der Waals surface area (Å²) in [5.41, 5.74) is 2.07. The summed E-state index contributed by atoms with van der Waals surface area (Å²) in [4.78, 5) is 14.6. The van der Waals surface area contributed by atoms with Gasteiger partial charge in [0.2, 0.25) is 0 Å². The van der Waals surface area contributed by atoms with E-state index in [9.17, 15) is 4.79 Å². The number of anilines is 1. The van der Waals surface area contributed by atoms with Crippen LogP contribution in [-0.4, -0.2) is 25.1 Å². The standard InChI is InChI=1S/C18H19ClN2O2/c1-13(23-16-7-4-6-15(19)11-16)18(22)21-10-9-20-12-14-5-2-3-8-17(14)21/h2-8,11,13,20H,9-10,12H2,1H3. The molecule has 0 aliphatic carbocycles. The summed E-state index contributed by atoms with van der Waals surface area (Å²) in [5, 5.41) is 3.92. The molecule has 1 heterocycles. The van der Waals surface area contributed by atoms with Gasteiger partial charge in [0.15, 0.2) is 6.10 Å². The van der Waals surface area contributed by atoms with Crippen LogP contribution < -0.4 is 15.0 Å². The van der Waals surface area contributed by atoms with Gasteiger partial charge in [0.25, 0.3) is 5.91 Å². The zero-order valence-electron chi connectivity index (χ0n) is 13.0. The number of hydrogen-bond donors (Lipinski definition) is 1. The Morgan fingerprint density at radius 1 is 1.26 bits per heavy atom. The predicted octanol–water partition coefficient (Wildman–Crippen LogP) is 3.24. The van der Waals surface area contributed by atoms with Gasteiger partial charge in [-0.1, -0.05) is 35.9 Å². The van der Waals surface area contributed by atoms with Crippen molar-refractivity contribution >= 4 is 23.2 Å². The Balaban J connectivity index is 1.79. The molecule has 0 fully saturated rings. The number of nitrogens with zero attached hydrogens (tertiary/aromatic N) is 1. The maximum absolute atomic E-state index is 12.8. The lowest BCUT2D eigenvalue weighted by Crippen LogP contribution is -2.42. The highest BCUT2D eigenvalue weighted by molar-refractivity contribution is 6.30. The highest BCUT2D eigenvalue weighted by atomic mass is 35.5. The van der Waals surface area contributed by atoms with E-state index in [4.69, 9.17) is 16.3 Å². The van der Waals surface area contributed by atoms with Gasteiger partial charge in [0.05, 0.1) is 0 Å². The molecule has 0 bridgehead atoms. The van der Waals surface area contributed by atoms with Gasteiger partial charge < -0.3 is 15.0 Å². The van der Waals surface area contributed by atoms with Gasteiger partial charge in [-0.2, -0.15) is 0 Å². The highest BCUT2D eigenvalue weighted by Crippen LogP contribution is 2.24. The predicted molar refractivity (Wildman–Crippen MR) is 92.0 cm³/mol. The molecule has 1 aliphatic rings. The van der Waals surface area contributed by atoms with Crippen LogP contribution in [0.2, 0.25) is 5.02 Å². The van der Waals surface area contributed by atoms with Crippen molar-refractivity contribution in [2.24, 2.45) is 0 Å². The van der Waals surface area contributed by atoms with Crippen LogP contribution >= 0.6 is 11.6 Å². The molecule has 0 saturated carbocycles. The third-order valence-electron chi connectivity index (χ3n) is 3.83. The van der Waals surface area contributed by atoms with E-state index in [1.165, 1.54) is 0 Å². The monoisotopic (exact) mass is 330 g/mol. The van der Waals surface area contributed by atoms with Gasteiger partial charge in [0, 0.05) is 30.3 Å². The van der Waals surface area contributed by atoms with E-state index in [0.29, 0.717) is 17.3 Å². The lowest BCUT2D eigenvalue weighted by atomic mass is 10.1. The first-order valence-corrected chi connectivity index (χ1v) is 8.05. The third kappa shape index (κ3) is 3.66. The van der Waals surface area contributed by atoms with E-state index in [1.807, 2.05) is 24.3 Å². The average molecular weight is 331 g/mol. The van der Waals surface area contributed by atoms with Crippen LogP contribution in [0.15, 0.2) is 48.5 Å². The number of carbonyl (C=O) groups is 1. The molecule has 5 heteroatoms. The lowest BCUT2D eigenvalue weighted by molar-refractivity contribution is -0.124. The normalized spacial score (nSPS) is 15.5. The first-order valence-electron chi connectivity index (χ1n) is 7.67. The van der Waals surface area contributed by atoms with Crippen molar-refractivity contribution in [2.75, 3.05) is 18.0 Å². The fraction of sp³-hybridized carbons (Fsp3) is 0.278. The number of nitrogens with one attached hydrogen (secondary N) is 1. The SMILES string of the molecule is CC(Oc1cccc(Cl)c1)C(=O)N1CCNCc2ccccc21. The molecular weight excluding hydrogens is 312 g/mol. The summed E-state index contributed by atoms with van der Waals surface area (Å²) in [6, 6.07) is 15.0. The number of halogens is 1. The van der Waals surface area contributed by atoms with Gasteiger partial charge in [0.1, 0.15) is 5.75 Å². The fourth-order valence-corrected chi connectivity index (χ4v) is 2.88. The zero-order chi connectivity index (χ0) is 16.2. The number of hydrogen-bond acceptors (Lipinski definition) is 3. The minimum Gasteiger partial charge on any atom is -0.481 e. The van der Waals surface area contributed by atoms with Crippen molar-refractivity contribution in [1.82, 2.24) is 5.32 Å². The molecule has 0 aromatic heterocycles. The topological polar surface area (TPSA) is 41.6 Å². The van der Waals surface area contributed by atoms with Crippen molar-refractivity contribution in [1.29, 1.82) is 0 Å². The molecule has 1 unspecified atom stereocenters. The maximum Gasteiger partial charge on any atom is 0.267 e. The van der Waals surface area contributed by atoms with Crippen molar-refractivity contribution in [3.8, 4) is 5.75 Å². The van der Waals surface area contributed by atoms with Gasteiger partial charge in [-0.25, -0.2) is 0 Å². The van der Waals surface area contributed by atoms with Crippen molar-refractivity contribution < 1.29 is 9.53 Å². The second-order valence-corrected chi connectivity index (χ2v) is 5.95. The van der Waals surface area contributed by atoms with Crippen LogP contribution in [0.5, 0.6) is 5.75 Å². The van der Waals surface area contributed by atoms with Gasteiger partial charge in [-0.05, 0) is 36.8 Å². The van der Waals surface area contributed by atoms with E-state index in [0.717, 1.165) is 24.3 Å². The number of amides is 1. The molecule has 0 spiro atoms. The van der Waals surface area contributed by atoms with Crippen molar-refractivity contribution in [3.05, 3.63) is 59.1 Å². The largest absolute Gasteiger partial charge is 0.481 e. The Kier molecular flexibility index (Phi) is 4.84. The Labute approximate surface area is 141 Å². The van der Waals surface area contributed by atoms with Crippen LogP contribution in [0.4, 0.5) is 5.69 Å². The highest BCUT2D eigenvalue weighted by Gasteiger charge is 2.26. The molecular formula is C18H19ClN2O2. The molecule has 1 aliphatic heterocycles. The number of ether oxygens (including phenoxy) is 1. The number of para-hydroxylation sites is 1. The minimum atomic E-state index is -0.584. The van der Waals surface area contributed by atoms with Crippen LogP contribution in [0, 0.1) is 0 Å². The van der Waals surface area contributed by atoms with Crippen LogP contribution in [-0.2, 0) is 11.3 Å². The fourth-order valence-electron chi connectivity index (χ4n) is 2.70. The summed E-state index contributed by atoms with van der Waals surface area (Å²) in [7, 11) is 0. The molecule has 3 rings (SSSR count). The zero-order valence-corrected chi connectivity index (χ0v) is 13.7. The Bertz CT molecular complexity index is 705. The quantitative estimate of drug-likeness (QED) is 0.939. The summed E-state index contributed by atoms with van der Waals surface area (Å²) >= 11 is 5.96. The average Bonchev–Trinajstić information content (AvgIpc) is 2.76. The van der Waals surface area contributed by atoms with Crippen LogP contribution in [0.25, 0.3) is 0 Å². The molecule has 2 aromatic carbocycles. The third-order valence-corrected chi connectivity index (χ3v) is 4.07. The van der Waals surface area contributed by atoms with Crippen molar-refractivity contribution in [3.63, 3.8) is 0 Å². The molecule has 23 heavy (non-hydrogen) atoms. The van der Waals surface area contributed by atoms with Crippen LogP contribution in [0.1, 0.15) is 12.5 Å². The first kappa shape index (κ1) is 15.8. The summed E-state index contributed by atoms with van der Waals surface area (Å²) in [6.07, 6.45) is -0.584. The molecule has 4 nitrogen and oxygen atoms in total. The number of fused-ring (bicyclic) bond motifs is 1. The van der Waals surface area contributed by atoms with Gasteiger partial charge in [-0.3, -0.25) is 4.79 Å². The summed E-state index contributed by atoms with van der Waals surface area (Å²) in [6.45, 7) is 3.91. The molecule has 1 atom stereocenters. The first-order chi connectivity index (χ1) is 11.1. The molecule has 0 saturated heterocycles. The Morgan fingerprint density at radius 3 is 2.91 bits per heavy atom. The molecule has 1 N–H and O–H groups in total. The molecule has 2 aromatic rings. The van der Waals surface area contributed by atoms with E-state index in [-0.39, 0.29) is 5.91 Å². The van der Waals surface area contributed by atoms with Crippen LogP contribution in [0.3, 0.4) is 0 Å². The lowest BCUT2D eigenvalue weighted by Gasteiger charge is -2.26. The Hall–Kier alpha value is -2.04. The molecule has 1 amide bonds. The second-order valence-electron chi connectivity index (χ2n) is 5.51. The summed E-state index contributed by atoms with van der Waals surface area (Å²) in [5.74, 6) is 0.542. The summed E-state index contributed by atoms with van der Waals surface area (Å²) < 4.78 is 5.77. The van der Waals surface area contributed by atoms with Gasteiger partial charge >= 0.3 is 0 Å². The van der Waals surface area contributed by atoms with Gasteiger partial charge in [-0.15, -0.1) is 0 Å². The molecule has 120 valence electrons. The number of benzene rings is 2. The number of carbonyl (C=O) groups excluding carboxylic acids is 1. The second kappa shape index (κ2) is 7.02. The van der Waals surface area contributed by atoms with E-state index in [1.54, 1.807) is 36.1 Å². The Morgan fingerprint density at radius 2 is 2.09 bits per heavy atom. The maximum atomic E-state index is 12.8. The van der Waals surface area contributed by atoms with Crippen molar-refractivity contribution in [2.45, 2.75) is 19.6 Å². The van der Waals surface area contributed by atoms with E-state index >= 15 is 0 Å². The minimum absolute atomic E-state index is 0.0545. The van der Waals surface area contributed by atoms with E-state index < -0.39 is 6.10 Å². The smallest absolute Gasteiger partial charge is 0.267 e. The molecule has 0 radical (unpaired) electrons. The number of rotatable bonds is 3. The van der Waals surface area contributed by atoms with E-state index in [2.05, 4.69) is 5.32 Å².